The number of alkyl halides is 6. The minimum absolute atomic E-state index is 0.0612. The summed E-state index contributed by atoms with van der Waals surface area (Å²) in [5.74, 6) is -0.970. The number of sulfone groups is 1. The summed E-state index contributed by atoms with van der Waals surface area (Å²) in [6.07, 6.45) is -8.89. The van der Waals surface area contributed by atoms with Crippen LogP contribution in [0.25, 0.3) is 5.69 Å². The second kappa shape index (κ2) is 25.3. The first-order valence-electron chi connectivity index (χ1n) is 20.5. The van der Waals surface area contributed by atoms with E-state index in [0.717, 1.165) is 29.2 Å². The maximum atomic E-state index is 12.6. The topological polar surface area (TPSA) is 377 Å². The van der Waals surface area contributed by atoms with Crippen molar-refractivity contribution in [1.29, 1.82) is 0 Å². The summed E-state index contributed by atoms with van der Waals surface area (Å²) in [6.45, 7) is 2.85. The second-order valence-corrected chi connectivity index (χ2v) is 20.7. The molecule has 0 aliphatic heterocycles. The van der Waals surface area contributed by atoms with Gasteiger partial charge >= 0.3 is 36.1 Å². The summed E-state index contributed by atoms with van der Waals surface area (Å²) in [5, 5.41) is 16.9. The summed E-state index contributed by atoms with van der Waals surface area (Å²) in [4.78, 5) is 55.6. The van der Waals surface area contributed by atoms with E-state index in [1.165, 1.54) is 65.5 Å². The van der Waals surface area contributed by atoms with Crippen LogP contribution in [0.1, 0.15) is 30.3 Å². The predicted octanol–water partition coefficient (Wildman–Crippen LogP) is 6.08. The molecule has 38 heteroatoms. The maximum Gasteiger partial charge on any atom is 0.416 e. The fourth-order valence-corrected chi connectivity index (χ4v) is 10.1. The molecular weight excluding hydrogens is 1150 g/mol. The molecule has 0 fully saturated rings. The number of halogens is 8. The Morgan fingerprint density at radius 2 is 1.32 bits per heavy atom. The molecule has 2 aromatic carbocycles. The molecule has 0 aliphatic rings. The minimum Gasteiger partial charge on any atom is -0.481 e. The first kappa shape index (κ1) is 61.6. The molecule has 0 spiro atoms. The van der Waals surface area contributed by atoms with Crippen LogP contribution < -0.4 is 40.0 Å². The second-order valence-electron chi connectivity index (χ2n) is 14.4. The number of urea groups is 2. The van der Waals surface area contributed by atoms with Crippen molar-refractivity contribution in [2.45, 2.75) is 53.9 Å². The molecule has 6 rings (SSSR count). The summed E-state index contributed by atoms with van der Waals surface area (Å²) < 4.78 is 168. The van der Waals surface area contributed by atoms with Crippen LogP contribution in [-0.4, -0.2) is 115 Å². The number of carbonyl (C=O) groups excluding carboxylic acids is 2. The summed E-state index contributed by atoms with van der Waals surface area (Å²) in [7, 11) is -8.99. The van der Waals surface area contributed by atoms with Crippen molar-refractivity contribution in [3.05, 3.63) is 104 Å². The summed E-state index contributed by atoms with van der Waals surface area (Å²) in [5.41, 5.74) is 3.71. The molecule has 77 heavy (non-hydrogen) atoms. The summed E-state index contributed by atoms with van der Waals surface area (Å²) >= 11 is 11.5. The fourth-order valence-electron chi connectivity index (χ4n) is 5.69. The molecule has 6 N–H and O–H groups in total. The van der Waals surface area contributed by atoms with Crippen molar-refractivity contribution in [3.8, 4) is 23.5 Å². The van der Waals surface area contributed by atoms with Gasteiger partial charge in [0.15, 0.2) is 14.9 Å². The van der Waals surface area contributed by atoms with Gasteiger partial charge in [0, 0.05) is 12.6 Å². The van der Waals surface area contributed by atoms with Gasteiger partial charge in [-0.2, -0.15) is 64.8 Å². The molecule has 0 bridgehead atoms. The van der Waals surface area contributed by atoms with E-state index < -0.39 is 104 Å². The highest BCUT2D eigenvalue weighted by atomic mass is 35.5. The van der Waals surface area contributed by atoms with Crippen molar-refractivity contribution in [2.75, 3.05) is 43.4 Å². The average molecular weight is 1190 g/mol. The van der Waals surface area contributed by atoms with Crippen molar-refractivity contribution < 1.29 is 80.3 Å². The first-order chi connectivity index (χ1) is 35.7. The van der Waals surface area contributed by atoms with E-state index >= 15 is 0 Å². The zero-order chi connectivity index (χ0) is 57.8. The molecule has 4 aromatic heterocycles. The molecular formula is C39H38Cl2F6N14O13S3. The lowest BCUT2D eigenvalue weighted by atomic mass is 10.1. The number of pyridine rings is 1. The number of ether oxygens (including phenoxy) is 3. The Morgan fingerprint density at radius 1 is 0.779 bits per heavy atom. The highest BCUT2D eigenvalue weighted by Crippen LogP contribution is 2.39. The molecule has 27 nitrogen and oxygen atoms in total. The van der Waals surface area contributed by atoms with E-state index in [0.29, 0.717) is 12.1 Å². The largest absolute Gasteiger partial charge is 0.481 e. The first-order valence-corrected chi connectivity index (χ1v) is 25.9. The Labute approximate surface area is 441 Å². The van der Waals surface area contributed by atoms with Gasteiger partial charge in [-0.3, -0.25) is 20.7 Å². The molecule has 0 saturated carbocycles. The molecule has 416 valence electrons. The van der Waals surface area contributed by atoms with Crippen LogP contribution in [0.5, 0.6) is 17.8 Å². The highest BCUT2D eigenvalue weighted by Gasteiger charge is 2.34. The van der Waals surface area contributed by atoms with Crippen molar-refractivity contribution in [1.82, 2.24) is 49.1 Å². The monoisotopic (exact) mass is 1190 g/mol. The third kappa shape index (κ3) is 17.0. The summed E-state index contributed by atoms with van der Waals surface area (Å²) in [6, 6.07) is 7.56. The Morgan fingerprint density at radius 3 is 1.83 bits per heavy atom. The number of nitrogens with zero attached hydrogens (tertiary/aromatic N) is 9. The Balaban J connectivity index is 0.000000252. The van der Waals surface area contributed by atoms with Gasteiger partial charge in [0.05, 0.1) is 58.6 Å². The molecule has 4 heterocycles. The zero-order valence-corrected chi connectivity index (χ0v) is 43.6. The number of aryl methyl sites for hydroxylation is 2. The molecule has 0 aliphatic carbocycles. The predicted molar refractivity (Wildman–Crippen MR) is 257 cm³/mol. The molecule has 0 radical (unpaired) electrons. The number of hydrogen-bond donors (Lipinski definition) is 5. The van der Waals surface area contributed by atoms with E-state index in [1.807, 2.05) is 0 Å². The van der Waals surface area contributed by atoms with E-state index in [9.17, 15) is 71.3 Å². The smallest absolute Gasteiger partial charge is 0.416 e. The Bertz CT molecular complexity index is 3460. The number of aromatic nitrogens is 8. The number of nitro groups is 1. The molecule has 0 unspecified atom stereocenters. The van der Waals surface area contributed by atoms with Crippen LogP contribution in [0.4, 0.5) is 59.3 Å². The molecule has 6 aromatic rings. The zero-order valence-electron chi connectivity index (χ0n) is 39.6. The SMILES string of the molecule is CCS(=O)(=O)c1cccnc1S(=O)(=O)NC(=O)Nc1nc(OC)cc(OC)n1.COc1nc(C)nc(NC(=O)NS(=O)(=O)c2ccccc2CCC(F)(F)F)n1.Nc1c([N+](=O)[O-])cnn1-c1c(Cl)cc(C(F)(F)F)cc1Cl. The van der Waals surface area contributed by atoms with E-state index in [1.54, 1.807) is 9.44 Å². The Hall–Kier alpha value is -7.96. The third-order valence-corrected chi connectivity index (χ3v) is 14.3. The van der Waals surface area contributed by atoms with Crippen LogP contribution in [0, 0.1) is 17.0 Å². The Kier molecular flexibility index (Phi) is 20.2. The van der Waals surface area contributed by atoms with E-state index in [-0.39, 0.29) is 62.5 Å². The van der Waals surface area contributed by atoms with Gasteiger partial charge in [-0.15, -0.1) is 0 Å². The maximum absolute atomic E-state index is 12.6. The lowest BCUT2D eigenvalue weighted by Crippen LogP contribution is -2.36. The van der Waals surface area contributed by atoms with Gasteiger partial charge in [0.1, 0.15) is 22.6 Å². The highest BCUT2D eigenvalue weighted by molar-refractivity contribution is 7.93. The number of hydrogen-bond acceptors (Lipinski definition) is 21. The number of nitrogens with one attached hydrogen (secondary N) is 4. The standard InChI is InChI=1S/C15H16F3N5O4S.C14H17N5O7S2.C10H5Cl2F3N4O2/c1-9-19-12(22-14(20-9)27-2)21-13(24)23-28(25,26)11-6-4-3-5-10(11)7-8-15(16,17)18;1-4-27(21,22)9-6-5-7-15-12(9)28(23,24)19-14(20)18-13-16-10(25-2)8-11(17-13)26-3;11-5-1-4(10(13,14)15)2-6(12)8(5)18-9(16)7(3-17-18)19(20)21/h3-6H,7-8H2,1-2H3,(H2,19,20,21,22,23,24);5-8H,4H2,1-3H3,(H2,16,17,18,19,20);1-3H,16H2. The van der Waals surface area contributed by atoms with Gasteiger partial charge < -0.3 is 19.9 Å². The van der Waals surface area contributed by atoms with E-state index in [4.69, 9.17) is 43.1 Å². The molecule has 4 amide bonds. The number of nitrogens with two attached hydrogens (primary N) is 1. The number of anilines is 3. The lowest BCUT2D eigenvalue weighted by molar-refractivity contribution is -0.383. The van der Waals surface area contributed by atoms with Crippen LogP contribution in [0.15, 0.2) is 81.8 Å². The number of amides is 4. The minimum atomic E-state index is -4.63. The van der Waals surface area contributed by atoms with Gasteiger partial charge in [0.25, 0.3) is 20.0 Å². The van der Waals surface area contributed by atoms with Gasteiger partial charge in [-0.25, -0.2) is 45.5 Å². The number of rotatable bonds is 15. The number of benzene rings is 2. The normalized spacial score (nSPS) is 11.6. The molecule has 0 saturated heterocycles. The number of nitrogen functional groups attached to an aromatic ring is 1. The van der Waals surface area contributed by atoms with Gasteiger partial charge in [-0.1, -0.05) is 48.3 Å². The van der Waals surface area contributed by atoms with E-state index in [2.05, 4.69) is 45.6 Å². The van der Waals surface area contributed by atoms with Crippen LogP contribution in [-0.2, 0) is 42.5 Å². The fraction of sp³-hybridized carbons (Fsp3) is 0.256. The quantitative estimate of drug-likeness (QED) is 0.0442. The third-order valence-electron chi connectivity index (χ3n) is 9.10. The lowest BCUT2D eigenvalue weighted by Gasteiger charge is -2.13. The van der Waals surface area contributed by atoms with Crippen molar-refractivity contribution in [3.63, 3.8) is 0 Å². The van der Waals surface area contributed by atoms with Crippen LogP contribution in [0.2, 0.25) is 10.0 Å². The van der Waals surface area contributed by atoms with Gasteiger partial charge in [-0.05, 0) is 49.2 Å². The van der Waals surface area contributed by atoms with Crippen LogP contribution >= 0.6 is 23.2 Å². The average Bonchev–Trinajstić information content (AvgIpc) is 3.72. The molecule has 0 atom stereocenters. The van der Waals surface area contributed by atoms with Crippen LogP contribution in [0.3, 0.4) is 0 Å². The number of carbonyl (C=O) groups is 2. The number of methoxy groups -OCH3 is 3. The number of sulfonamides is 2. The van der Waals surface area contributed by atoms with Gasteiger partial charge in [0.2, 0.25) is 29.5 Å². The van der Waals surface area contributed by atoms with Crippen molar-refractivity contribution >= 4 is 88.5 Å². The van der Waals surface area contributed by atoms with Crippen molar-refractivity contribution in [2.24, 2.45) is 0 Å².